The van der Waals surface area contributed by atoms with Crippen LogP contribution in [0.25, 0.3) is 0 Å². The summed E-state index contributed by atoms with van der Waals surface area (Å²) < 4.78 is 5.47. The number of benzene rings is 1. The maximum atomic E-state index is 11.9. The van der Waals surface area contributed by atoms with Gasteiger partial charge in [-0.25, -0.2) is 0 Å². The largest absolute Gasteiger partial charge is 0.481 e. The van der Waals surface area contributed by atoms with Gasteiger partial charge in [-0.3, -0.25) is 9.69 Å². The summed E-state index contributed by atoms with van der Waals surface area (Å²) in [4.78, 5) is 18.6. The molecule has 3 atom stereocenters. The second kappa shape index (κ2) is 7.78. The van der Waals surface area contributed by atoms with E-state index >= 15 is 0 Å². The lowest BCUT2D eigenvalue weighted by atomic mass is 9.81. The van der Waals surface area contributed by atoms with E-state index in [0.717, 1.165) is 31.4 Å². The third kappa shape index (κ3) is 3.71. The van der Waals surface area contributed by atoms with Crippen LogP contribution in [-0.4, -0.2) is 39.2 Å². The van der Waals surface area contributed by atoms with E-state index < -0.39 is 11.4 Å². The van der Waals surface area contributed by atoms with Gasteiger partial charge in [-0.05, 0) is 43.4 Å². The summed E-state index contributed by atoms with van der Waals surface area (Å²) in [6.45, 7) is 3.35. The molecule has 1 aromatic heterocycles. The van der Waals surface area contributed by atoms with Crippen molar-refractivity contribution in [2.75, 3.05) is 13.1 Å². The number of aromatic nitrogens is 2. The van der Waals surface area contributed by atoms with E-state index in [1.165, 1.54) is 0 Å². The van der Waals surface area contributed by atoms with E-state index in [4.69, 9.17) is 16.1 Å². The molecular formula is C19H23Cl2N3O3. The van der Waals surface area contributed by atoms with Crippen LogP contribution in [0.4, 0.5) is 0 Å². The van der Waals surface area contributed by atoms with Gasteiger partial charge in [0, 0.05) is 24.5 Å². The number of likely N-dealkylation sites (tertiary alicyclic amines) is 1. The van der Waals surface area contributed by atoms with Crippen LogP contribution in [0.2, 0.25) is 5.02 Å². The first-order valence-electron chi connectivity index (χ1n) is 9.02. The molecular weight excluding hydrogens is 389 g/mol. The number of carbonyl (C=O) groups is 1. The molecule has 0 bridgehead atoms. The van der Waals surface area contributed by atoms with Crippen molar-refractivity contribution in [3.05, 3.63) is 46.6 Å². The monoisotopic (exact) mass is 411 g/mol. The fourth-order valence-corrected chi connectivity index (χ4v) is 4.55. The summed E-state index contributed by atoms with van der Waals surface area (Å²) in [5.41, 5.74) is 0.468. The molecule has 2 aliphatic rings. The average Bonchev–Trinajstić information content (AvgIpc) is 3.30. The van der Waals surface area contributed by atoms with Crippen molar-refractivity contribution in [1.82, 2.24) is 15.0 Å². The molecule has 1 aromatic carbocycles. The number of rotatable bonds is 5. The summed E-state index contributed by atoms with van der Waals surface area (Å²) in [5.74, 6) is 0.735. The van der Waals surface area contributed by atoms with Crippen molar-refractivity contribution in [2.24, 2.45) is 11.3 Å². The Balaban J connectivity index is 0.00000210. The van der Waals surface area contributed by atoms with E-state index in [-0.39, 0.29) is 24.4 Å². The van der Waals surface area contributed by atoms with Crippen LogP contribution in [0.1, 0.15) is 49.5 Å². The van der Waals surface area contributed by atoms with Crippen LogP contribution >= 0.6 is 24.0 Å². The number of nitrogens with zero attached hydrogens (tertiary/aromatic N) is 3. The topological polar surface area (TPSA) is 79.5 Å². The van der Waals surface area contributed by atoms with Gasteiger partial charge in [-0.1, -0.05) is 35.3 Å². The van der Waals surface area contributed by atoms with Gasteiger partial charge in [0.25, 0.3) is 0 Å². The van der Waals surface area contributed by atoms with Gasteiger partial charge in [-0.15, -0.1) is 12.4 Å². The molecule has 0 spiro atoms. The van der Waals surface area contributed by atoms with Crippen LogP contribution in [0.3, 0.4) is 0 Å². The van der Waals surface area contributed by atoms with E-state index in [1.807, 2.05) is 31.2 Å². The Morgan fingerprint density at radius 2 is 2.19 bits per heavy atom. The Labute approximate surface area is 169 Å². The molecule has 27 heavy (non-hydrogen) atoms. The molecule has 1 saturated heterocycles. The van der Waals surface area contributed by atoms with Crippen LogP contribution in [-0.2, 0) is 11.2 Å². The molecule has 8 heteroatoms. The third-order valence-corrected chi connectivity index (χ3v) is 6.24. The first kappa shape index (κ1) is 20.1. The fourth-order valence-electron chi connectivity index (χ4n) is 4.42. The smallest absolute Gasteiger partial charge is 0.311 e. The quantitative estimate of drug-likeness (QED) is 0.800. The second-order valence-corrected chi connectivity index (χ2v) is 7.94. The van der Waals surface area contributed by atoms with Crippen molar-refractivity contribution in [1.29, 1.82) is 0 Å². The minimum absolute atomic E-state index is 0. The predicted molar refractivity (Wildman–Crippen MR) is 103 cm³/mol. The van der Waals surface area contributed by atoms with E-state index in [2.05, 4.69) is 15.0 Å². The Hall–Kier alpha value is -1.63. The number of aliphatic carboxylic acids is 1. The molecule has 2 fully saturated rings. The van der Waals surface area contributed by atoms with E-state index in [9.17, 15) is 9.90 Å². The second-order valence-electron chi connectivity index (χ2n) is 7.51. The maximum Gasteiger partial charge on any atom is 0.311 e. The van der Waals surface area contributed by atoms with Crippen LogP contribution in [0, 0.1) is 11.3 Å². The number of fused-ring (bicyclic) bond motifs is 1. The van der Waals surface area contributed by atoms with Gasteiger partial charge in [0.2, 0.25) is 5.89 Å². The molecule has 1 aliphatic carbocycles. The predicted octanol–water partition coefficient (Wildman–Crippen LogP) is 3.98. The van der Waals surface area contributed by atoms with Crippen LogP contribution in [0.5, 0.6) is 0 Å². The Bertz CT molecular complexity index is 811. The Kier molecular flexibility index (Phi) is 5.79. The van der Waals surface area contributed by atoms with Crippen molar-refractivity contribution in [3.63, 3.8) is 0 Å². The summed E-state index contributed by atoms with van der Waals surface area (Å²) in [7, 11) is 0. The molecule has 2 heterocycles. The molecule has 4 rings (SSSR count). The van der Waals surface area contributed by atoms with Crippen LogP contribution < -0.4 is 0 Å². The highest BCUT2D eigenvalue weighted by atomic mass is 35.5. The van der Waals surface area contributed by atoms with Gasteiger partial charge >= 0.3 is 5.97 Å². The molecule has 146 valence electrons. The maximum absolute atomic E-state index is 11.9. The highest BCUT2D eigenvalue weighted by Crippen LogP contribution is 2.50. The van der Waals surface area contributed by atoms with E-state index in [0.29, 0.717) is 29.7 Å². The number of hydrogen-bond acceptors (Lipinski definition) is 5. The average molecular weight is 412 g/mol. The molecule has 6 nitrogen and oxygen atoms in total. The fraction of sp³-hybridized carbons (Fsp3) is 0.526. The number of carboxylic acid groups (broad SMARTS) is 1. The van der Waals surface area contributed by atoms with Gasteiger partial charge in [0.05, 0.1) is 11.5 Å². The lowest BCUT2D eigenvalue weighted by molar-refractivity contribution is -0.149. The third-order valence-electron chi connectivity index (χ3n) is 5.99. The highest BCUT2D eigenvalue weighted by Gasteiger charge is 2.55. The first-order chi connectivity index (χ1) is 12.5. The standard InChI is InChI=1S/C19H22ClN3O3.ClH/c1-12(23-10-14-3-2-8-19(14,11-23)18(24)25)17-21-16(22-26-17)9-13-4-6-15(20)7-5-13;/h4-7,12,14H,2-3,8-11H2,1H3,(H,24,25);1H/t12?,14-,19+;/m0./s1. The molecule has 2 aromatic rings. The Morgan fingerprint density at radius 3 is 2.85 bits per heavy atom. The summed E-state index contributed by atoms with van der Waals surface area (Å²) in [6.07, 6.45) is 3.34. The molecule has 1 N–H and O–H groups in total. The molecule has 0 amide bonds. The van der Waals surface area contributed by atoms with Crippen LogP contribution in [0.15, 0.2) is 28.8 Å². The van der Waals surface area contributed by atoms with E-state index in [1.54, 1.807) is 0 Å². The van der Waals surface area contributed by atoms with Gasteiger partial charge in [0.1, 0.15) is 0 Å². The normalized spacial score (nSPS) is 25.8. The molecule has 0 radical (unpaired) electrons. The summed E-state index contributed by atoms with van der Waals surface area (Å²) >= 11 is 5.91. The zero-order chi connectivity index (χ0) is 18.3. The SMILES string of the molecule is CC(c1nc(Cc2ccc(Cl)cc2)no1)N1C[C@@H]2CCC[C@@]2(C(=O)O)C1.Cl. The number of halogens is 2. The van der Waals surface area contributed by atoms with Crippen molar-refractivity contribution >= 4 is 30.0 Å². The highest BCUT2D eigenvalue weighted by molar-refractivity contribution is 6.30. The van der Waals surface area contributed by atoms with Crippen molar-refractivity contribution in [2.45, 2.75) is 38.6 Å². The zero-order valence-corrected chi connectivity index (χ0v) is 16.7. The molecule has 1 saturated carbocycles. The lowest BCUT2D eigenvalue weighted by Crippen LogP contribution is -2.36. The summed E-state index contributed by atoms with van der Waals surface area (Å²) in [5, 5.41) is 14.5. The number of carboxylic acids is 1. The zero-order valence-electron chi connectivity index (χ0n) is 15.1. The molecule has 1 unspecified atom stereocenters. The van der Waals surface area contributed by atoms with Crippen molar-refractivity contribution < 1.29 is 14.4 Å². The van der Waals surface area contributed by atoms with Gasteiger partial charge < -0.3 is 9.63 Å². The van der Waals surface area contributed by atoms with Crippen molar-refractivity contribution in [3.8, 4) is 0 Å². The summed E-state index contributed by atoms with van der Waals surface area (Å²) in [6, 6.07) is 7.49. The minimum Gasteiger partial charge on any atom is -0.481 e. The number of hydrogen-bond donors (Lipinski definition) is 1. The first-order valence-corrected chi connectivity index (χ1v) is 9.40. The lowest BCUT2D eigenvalue weighted by Gasteiger charge is -2.25. The molecule has 1 aliphatic heterocycles. The van der Waals surface area contributed by atoms with Gasteiger partial charge in [0.15, 0.2) is 5.82 Å². The Morgan fingerprint density at radius 1 is 1.44 bits per heavy atom. The van der Waals surface area contributed by atoms with Gasteiger partial charge in [-0.2, -0.15) is 4.98 Å². The minimum atomic E-state index is -0.663.